The number of urea groups is 1. The Morgan fingerprint density at radius 3 is 2.52 bits per heavy atom. The minimum atomic E-state index is -3.17. The first-order chi connectivity index (χ1) is 14.7. The molecule has 2 aromatic rings. The molecule has 1 aliphatic rings. The van der Waals surface area contributed by atoms with Gasteiger partial charge in [-0.2, -0.15) is 0 Å². The molecular formula is C20H23FN4O5S. The highest BCUT2D eigenvalue weighted by Crippen LogP contribution is 2.25. The molecule has 2 aromatic carbocycles. The molecule has 1 saturated heterocycles. The highest BCUT2D eigenvalue weighted by Gasteiger charge is 2.29. The van der Waals surface area contributed by atoms with E-state index in [1.165, 1.54) is 29.0 Å². The summed E-state index contributed by atoms with van der Waals surface area (Å²) in [6.45, 7) is -0.0228. The summed E-state index contributed by atoms with van der Waals surface area (Å²) in [7, 11) is -1.68. The molecule has 0 atom stereocenters. The van der Waals surface area contributed by atoms with Gasteiger partial charge >= 0.3 is 6.03 Å². The molecule has 3 N–H and O–H groups in total. The van der Waals surface area contributed by atoms with Crippen LogP contribution in [0.25, 0.3) is 0 Å². The van der Waals surface area contributed by atoms with Crippen molar-refractivity contribution in [1.29, 1.82) is 0 Å². The predicted octanol–water partition coefficient (Wildman–Crippen LogP) is 1.29. The predicted molar refractivity (Wildman–Crippen MR) is 113 cm³/mol. The first-order valence-corrected chi connectivity index (χ1v) is 11.3. The molecule has 166 valence electrons. The summed E-state index contributed by atoms with van der Waals surface area (Å²) in [4.78, 5) is 27.7. The third-order valence-corrected chi connectivity index (χ3v) is 6.59. The number of hydrogen-bond donors (Lipinski definition) is 2. The summed E-state index contributed by atoms with van der Waals surface area (Å²) >= 11 is 0. The molecule has 3 amide bonds. The number of nitrogens with two attached hydrogens (primary N) is 1. The van der Waals surface area contributed by atoms with Gasteiger partial charge in [-0.25, -0.2) is 23.4 Å². The summed E-state index contributed by atoms with van der Waals surface area (Å²) in [5.41, 5.74) is 2.62. The van der Waals surface area contributed by atoms with Gasteiger partial charge in [-0.3, -0.25) is 15.1 Å². The van der Waals surface area contributed by atoms with E-state index >= 15 is 0 Å². The van der Waals surface area contributed by atoms with Gasteiger partial charge < -0.3 is 9.64 Å². The zero-order chi connectivity index (χ0) is 22.6. The van der Waals surface area contributed by atoms with E-state index in [0.29, 0.717) is 11.4 Å². The van der Waals surface area contributed by atoms with E-state index in [0.717, 1.165) is 6.07 Å². The summed E-state index contributed by atoms with van der Waals surface area (Å²) in [5, 5.41) is 0. The van der Waals surface area contributed by atoms with Gasteiger partial charge in [0.1, 0.15) is 11.6 Å². The van der Waals surface area contributed by atoms with Crippen LogP contribution in [0.2, 0.25) is 0 Å². The van der Waals surface area contributed by atoms with Crippen molar-refractivity contribution in [2.45, 2.75) is 6.54 Å². The molecule has 0 spiro atoms. The number of benzene rings is 2. The first-order valence-electron chi connectivity index (χ1n) is 9.44. The Morgan fingerprint density at radius 1 is 1.19 bits per heavy atom. The van der Waals surface area contributed by atoms with Gasteiger partial charge in [-0.1, -0.05) is 12.1 Å². The first kappa shape index (κ1) is 22.5. The number of hydrazine groups is 1. The topological polar surface area (TPSA) is 122 Å². The molecule has 9 nitrogen and oxygen atoms in total. The number of ether oxygens (including phenoxy) is 1. The Labute approximate surface area is 179 Å². The van der Waals surface area contributed by atoms with Crippen molar-refractivity contribution >= 4 is 27.5 Å². The average molecular weight is 450 g/mol. The summed E-state index contributed by atoms with van der Waals surface area (Å²) < 4.78 is 43.4. The minimum absolute atomic E-state index is 0.0456. The van der Waals surface area contributed by atoms with Crippen molar-refractivity contribution in [3.05, 3.63) is 59.4 Å². The van der Waals surface area contributed by atoms with Gasteiger partial charge in [0.05, 0.1) is 25.2 Å². The van der Waals surface area contributed by atoms with E-state index in [-0.39, 0.29) is 42.3 Å². The molecule has 0 radical (unpaired) electrons. The maximum Gasteiger partial charge on any atom is 0.324 e. The molecule has 0 aromatic heterocycles. The Hall–Kier alpha value is -3.18. The zero-order valence-electron chi connectivity index (χ0n) is 16.9. The molecule has 0 bridgehead atoms. The number of rotatable bonds is 5. The van der Waals surface area contributed by atoms with Gasteiger partial charge in [0.25, 0.3) is 5.91 Å². The van der Waals surface area contributed by atoms with Crippen molar-refractivity contribution in [3.8, 4) is 5.75 Å². The molecule has 0 unspecified atom stereocenters. The average Bonchev–Trinajstić information content (AvgIpc) is 2.77. The Bertz CT molecular complexity index is 1080. The molecule has 11 heteroatoms. The van der Waals surface area contributed by atoms with E-state index in [9.17, 15) is 22.4 Å². The number of carbonyl (C=O) groups is 2. The molecule has 31 heavy (non-hydrogen) atoms. The Kier molecular flexibility index (Phi) is 6.76. The Morgan fingerprint density at radius 2 is 1.90 bits per heavy atom. The van der Waals surface area contributed by atoms with E-state index in [2.05, 4.69) is 0 Å². The number of halogens is 1. The summed E-state index contributed by atoms with van der Waals surface area (Å²) in [5.74, 6) is 4.03. The van der Waals surface area contributed by atoms with Crippen LogP contribution in [0, 0.1) is 5.82 Å². The highest BCUT2D eigenvalue weighted by molar-refractivity contribution is 7.91. The van der Waals surface area contributed by atoms with Crippen molar-refractivity contribution in [2.24, 2.45) is 5.84 Å². The maximum absolute atomic E-state index is 14.7. The van der Waals surface area contributed by atoms with Crippen LogP contribution >= 0.6 is 0 Å². The van der Waals surface area contributed by atoms with Gasteiger partial charge in [0, 0.05) is 36.0 Å². The fourth-order valence-corrected chi connectivity index (χ4v) is 4.39. The van der Waals surface area contributed by atoms with Crippen LogP contribution in [-0.4, -0.2) is 57.0 Å². The fraction of sp³-hybridized carbons (Fsp3) is 0.300. The van der Waals surface area contributed by atoms with Crippen LogP contribution in [0.15, 0.2) is 42.5 Å². The number of carbonyl (C=O) groups excluding carboxylic acids is 2. The largest absolute Gasteiger partial charge is 0.497 e. The smallest absolute Gasteiger partial charge is 0.324 e. The number of nitrogen functional groups attached to an aromatic ring is 1. The SMILES string of the molecule is COc1cccc(N(Cc2ccc(C(=O)NN)cc2F)C(=O)N2CCS(=O)(=O)CC2)c1. The summed E-state index contributed by atoms with van der Waals surface area (Å²) in [6.07, 6.45) is 0. The van der Waals surface area contributed by atoms with Crippen molar-refractivity contribution in [2.75, 3.05) is 36.6 Å². The fourth-order valence-electron chi connectivity index (χ4n) is 3.19. The third-order valence-electron chi connectivity index (χ3n) is 4.99. The normalized spacial score (nSPS) is 15.3. The molecular weight excluding hydrogens is 427 g/mol. The minimum Gasteiger partial charge on any atom is -0.497 e. The maximum atomic E-state index is 14.7. The standard InChI is InChI=1S/C20H23FN4O5S/c1-30-17-4-2-3-16(12-17)25(20(27)24-7-9-31(28,29)10-8-24)13-15-6-5-14(11-18(15)21)19(26)23-22/h2-6,11-12H,7-10,13,22H2,1H3,(H,23,26). The quantitative estimate of drug-likeness (QED) is 0.402. The van der Waals surface area contributed by atoms with E-state index in [1.807, 2.05) is 5.43 Å². The van der Waals surface area contributed by atoms with Crippen molar-refractivity contribution in [3.63, 3.8) is 0 Å². The van der Waals surface area contributed by atoms with Crippen LogP contribution in [0.5, 0.6) is 5.75 Å². The number of nitrogens with one attached hydrogen (secondary N) is 1. The number of anilines is 1. The number of hydrogen-bond acceptors (Lipinski definition) is 6. The number of methoxy groups -OCH3 is 1. The number of nitrogens with zero attached hydrogens (tertiary/aromatic N) is 2. The molecule has 3 rings (SSSR count). The molecule has 1 aliphatic heterocycles. The Balaban J connectivity index is 1.92. The van der Waals surface area contributed by atoms with Crippen molar-refractivity contribution < 1.29 is 27.1 Å². The molecule has 0 saturated carbocycles. The van der Waals surface area contributed by atoms with Crippen LogP contribution < -0.4 is 20.9 Å². The van der Waals surface area contributed by atoms with Gasteiger partial charge in [-0.15, -0.1) is 0 Å². The van der Waals surface area contributed by atoms with Crippen LogP contribution in [0.1, 0.15) is 15.9 Å². The van der Waals surface area contributed by atoms with Gasteiger partial charge in [0.2, 0.25) is 0 Å². The number of amides is 3. The van der Waals surface area contributed by atoms with Gasteiger partial charge in [0.15, 0.2) is 9.84 Å². The lowest BCUT2D eigenvalue weighted by molar-refractivity contribution is 0.0953. The second kappa shape index (κ2) is 9.31. The second-order valence-corrected chi connectivity index (χ2v) is 9.29. The number of sulfone groups is 1. The summed E-state index contributed by atoms with van der Waals surface area (Å²) in [6, 6.07) is 10.1. The zero-order valence-corrected chi connectivity index (χ0v) is 17.7. The van der Waals surface area contributed by atoms with Crippen molar-refractivity contribution in [1.82, 2.24) is 10.3 Å². The van der Waals surface area contributed by atoms with Crippen LogP contribution in [0.3, 0.4) is 0 Å². The molecule has 1 fully saturated rings. The van der Waals surface area contributed by atoms with Gasteiger partial charge in [-0.05, 0) is 24.3 Å². The highest BCUT2D eigenvalue weighted by atomic mass is 32.2. The molecule has 1 heterocycles. The monoisotopic (exact) mass is 450 g/mol. The van der Waals surface area contributed by atoms with E-state index in [4.69, 9.17) is 10.6 Å². The molecule has 0 aliphatic carbocycles. The van der Waals surface area contributed by atoms with Crippen LogP contribution in [-0.2, 0) is 16.4 Å². The second-order valence-electron chi connectivity index (χ2n) is 6.99. The van der Waals surface area contributed by atoms with Crippen LogP contribution in [0.4, 0.5) is 14.9 Å². The lowest BCUT2D eigenvalue weighted by Crippen LogP contribution is -2.49. The van der Waals surface area contributed by atoms with E-state index < -0.39 is 27.6 Å². The lowest BCUT2D eigenvalue weighted by atomic mass is 10.1. The third kappa shape index (κ3) is 5.30. The lowest BCUT2D eigenvalue weighted by Gasteiger charge is -2.33. The van der Waals surface area contributed by atoms with E-state index in [1.54, 1.807) is 24.3 Å².